The number of benzene rings is 1. The minimum atomic E-state index is 0.125. The Morgan fingerprint density at radius 3 is 2.47 bits per heavy atom. The van der Waals surface area contributed by atoms with Crippen molar-refractivity contribution in [2.45, 2.75) is 45.7 Å². The van der Waals surface area contributed by atoms with Crippen molar-refractivity contribution in [2.24, 2.45) is 5.73 Å². The third kappa shape index (κ3) is 4.30. The molecule has 0 fully saturated rings. The number of nitrogens with zero attached hydrogens (tertiary/aromatic N) is 1. The van der Waals surface area contributed by atoms with E-state index in [2.05, 4.69) is 49.9 Å². The minimum Gasteiger partial charge on any atom is -0.396 e. The highest BCUT2D eigenvalue weighted by molar-refractivity contribution is 5.30. The van der Waals surface area contributed by atoms with Crippen LogP contribution in [0.2, 0.25) is 0 Å². The minimum absolute atomic E-state index is 0.125. The van der Waals surface area contributed by atoms with E-state index in [4.69, 9.17) is 10.8 Å². The van der Waals surface area contributed by atoms with E-state index in [1.54, 1.807) is 0 Å². The van der Waals surface area contributed by atoms with E-state index < -0.39 is 0 Å². The average molecular weight is 264 g/mol. The first-order valence-corrected chi connectivity index (χ1v) is 7.31. The van der Waals surface area contributed by atoms with Gasteiger partial charge in [0.25, 0.3) is 0 Å². The topological polar surface area (TPSA) is 49.5 Å². The van der Waals surface area contributed by atoms with Gasteiger partial charge in [-0.15, -0.1) is 0 Å². The second-order valence-electron chi connectivity index (χ2n) is 5.08. The first-order chi connectivity index (χ1) is 9.15. The van der Waals surface area contributed by atoms with Gasteiger partial charge in [-0.3, -0.25) is 4.90 Å². The van der Waals surface area contributed by atoms with Gasteiger partial charge in [0.2, 0.25) is 0 Å². The van der Waals surface area contributed by atoms with Crippen LogP contribution in [0.4, 0.5) is 0 Å². The lowest BCUT2D eigenvalue weighted by atomic mass is 9.92. The third-order valence-electron chi connectivity index (χ3n) is 3.79. The van der Waals surface area contributed by atoms with Crippen molar-refractivity contribution in [2.75, 3.05) is 19.7 Å². The van der Waals surface area contributed by atoms with E-state index in [9.17, 15) is 0 Å². The molecule has 0 bridgehead atoms. The Kier molecular flexibility index (Phi) is 7.06. The zero-order valence-corrected chi connectivity index (χ0v) is 12.5. The summed E-state index contributed by atoms with van der Waals surface area (Å²) in [5, 5.41) is 9.06. The lowest BCUT2D eigenvalue weighted by molar-refractivity contribution is 0.159. The molecule has 3 heteroatoms. The first kappa shape index (κ1) is 16.2. The van der Waals surface area contributed by atoms with Gasteiger partial charge in [0.15, 0.2) is 0 Å². The molecule has 0 aliphatic heterocycles. The molecule has 0 spiro atoms. The van der Waals surface area contributed by atoms with Crippen LogP contribution < -0.4 is 5.73 Å². The zero-order valence-electron chi connectivity index (χ0n) is 12.5. The van der Waals surface area contributed by atoms with E-state index in [0.717, 1.165) is 25.9 Å². The Hall–Kier alpha value is -0.900. The highest BCUT2D eigenvalue weighted by atomic mass is 16.3. The number of nitrogens with two attached hydrogens (primary N) is 1. The SMILES string of the molecule is CCC(N)C(c1ccccc1C)N(CC)CCCO. The van der Waals surface area contributed by atoms with Gasteiger partial charge in [-0.1, -0.05) is 38.1 Å². The summed E-state index contributed by atoms with van der Waals surface area (Å²) >= 11 is 0. The Morgan fingerprint density at radius 2 is 1.95 bits per heavy atom. The van der Waals surface area contributed by atoms with E-state index in [0.29, 0.717) is 0 Å². The van der Waals surface area contributed by atoms with Crippen molar-refractivity contribution < 1.29 is 5.11 Å². The molecule has 0 saturated heterocycles. The number of hydrogen-bond acceptors (Lipinski definition) is 3. The van der Waals surface area contributed by atoms with Crippen LogP contribution in [0, 0.1) is 6.92 Å². The predicted octanol–water partition coefficient (Wildman–Crippen LogP) is 2.48. The maximum absolute atomic E-state index is 9.06. The summed E-state index contributed by atoms with van der Waals surface area (Å²) in [6.45, 7) is 8.51. The smallest absolute Gasteiger partial charge is 0.0501 e. The van der Waals surface area contributed by atoms with Crippen LogP contribution in [-0.4, -0.2) is 35.7 Å². The number of likely N-dealkylation sites (N-methyl/N-ethyl adjacent to an activating group) is 1. The molecule has 108 valence electrons. The molecule has 0 aliphatic rings. The first-order valence-electron chi connectivity index (χ1n) is 7.31. The highest BCUT2D eigenvalue weighted by Gasteiger charge is 2.25. The van der Waals surface area contributed by atoms with Crippen molar-refractivity contribution in [3.8, 4) is 0 Å². The molecule has 0 radical (unpaired) electrons. The van der Waals surface area contributed by atoms with Crippen LogP contribution in [0.1, 0.15) is 43.9 Å². The molecular weight excluding hydrogens is 236 g/mol. The molecule has 19 heavy (non-hydrogen) atoms. The summed E-state index contributed by atoms with van der Waals surface area (Å²) in [5.74, 6) is 0. The summed E-state index contributed by atoms with van der Waals surface area (Å²) in [7, 11) is 0. The van der Waals surface area contributed by atoms with Crippen LogP contribution in [0.5, 0.6) is 0 Å². The fraction of sp³-hybridized carbons (Fsp3) is 0.625. The van der Waals surface area contributed by atoms with Crippen molar-refractivity contribution in [1.82, 2.24) is 4.90 Å². The van der Waals surface area contributed by atoms with Crippen molar-refractivity contribution in [3.63, 3.8) is 0 Å². The third-order valence-corrected chi connectivity index (χ3v) is 3.79. The van der Waals surface area contributed by atoms with Crippen LogP contribution in [0.25, 0.3) is 0 Å². The molecule has 0 aromatic heterocycles. The number of aliphatic hydroxyl groups excluding tert-OH is 1. The molecule has 1 rings (SSSR count). The fourth-order valence-corrected chi connectivity index (χ4v) is 2.61. The molecule has 0 saturated carbocycles. The normalized spacial score (nSPS) is 14.6. The summed E-state index contributed by atoms with van der Waals surface area (Å²) < 4.78 is 0. The number of aryl methyl sites for hydroxylation is 1. The number of aliphatic hydroxyl groups is 1. The van der Waals surface area contributed by atoms with Crippen molar-refractivity contribution in [3.05, 3.63) is 35.4 Å². The molecule has 3 N–H and O–H groups in total. The Morgan fingerprint density at radius 1 is 1.26 bits per heavy atom. The van der Waals surface area contributed by atoms with Gasteiger partial charge in [0.05, 0.1) is 6.04 Å². The number of hydrogen-bond donors (Lipinski definition) is 2. The molecule has 3 nitrogen and oxygen atoms in total. The van der Waals surface area contributed by atoms with Crippen LogP contribution >= 0.6 is 0 Å². The summed E-state index contributed by atoms with van der Waals surface area (Å²) in [5.41, 5.74) is 8.97. The lowest BCUT2D eigenvalue weighted by Crippen LogP contribution is -2.41. The molecule has 1 aromatic carbocycles. The fourth-order valence-electron chi connectivity index (χ4n) is 2.61. The predicted molar refractivity (Wildman–Crippen MR) is 81.1 cm³/mol. The van der Waals surface area contributed by atoms with Gasteiger partial charge in [-0.25, -0.2) is 0 Å². The molecule has 0 amide bonds. The largest absolute Gasteiger partial charge is 0.396 e. The van der Waals surface area contributed by atoms with Gasteiger partial charge in [0.1, 0.15) is 0 Å². The standard InChI is InChI=1S/C16H28N2O/c1-4-15(17)16(18(5-2)11-8-12-19)14-10-7-6-9-13(14)3/h6-7,9-10,15-16,19H,4-5,8,11-12,17H2,1-3H3. The van der Waals surface area contributed by atoms with E-state index in [1.165, 1.54) is 11.1 Å². The Balaban J connectivity index is 3.03. The van der Waals surface area contributed by atoms with E-state index in [1.807, 2.05) is 0 Å². The average Bonchev–Trinajstić information content (AvgIpc) is 2.44. The molecule has 0 aliphatic carbocycles. The van der Waals surface area contributed by atoms with Crippen LogP contribution in [0.15, 0.2) is 24.3 Å². The van der Waals surface area contributed by atoms with Gasteiger partial charge >= 0.3 is 0 Å². The van der Waals surface area contributed by atoms with E-state index >= 15 is 0 Å². The molecule has 2 unspecified atom stereocenters. The van der Waals surface area contributed by atoms with Crippen molar-refractivity contribution >= 4 is 0 Å². The summed E-state index contributed by atoms with van der Waals surface area (Å²) in [6.07, 6.45) is 1.75. The number of rotatable bonds is 8. The Labute approximate surface area is 117 Å². The quantitative estimate of drug-likeness (QED) is 0.758. The van der Waals surface area contributed by atoms with Gasteiger partial charge in [-0.2, -0.15) is 0 Å². The molecule has 2 atom stereocenters. The van der Waals surface area contributed by atoms with Gasteiger partial charge in [-0.05, 0) is 37.4 Å². The van der Waals surface area contributed by atoms with Crippen LogP contribution in [-0.2, 0) is 0 Å². The van der Waals surface area contributed by atoms with Gasteiger partial charge in [0, 0.05) is 19.2 Å². The second kappa shape index (κ2) is 8.31. The summed E-state index contributed by atoms with van der Waals surface area (Å²) in [4.78, 5) is 2.38. The van der Waals surface area contributed by atoms with Crippen molar-refractivity contribution in [1.29, 1.82) is 0 Å². The monoisotopic (exact) mass is 264 g/mol. The zero-order chi connectivity index (χ0) is 14.3. The van der Waals surface area contributed by atoms with Gasteiger partial charge < -0.3 is 10.8 Å². The Bertz CT molecular complexity index is 368. The lowest BCUT2D eigenvalue weighted by Gasteiger charge is -2.35. The highest BCUT2D eigenvalue weighted by Crippen LogP contribution is 2.27. The summed E-state index contributed by atoms with van der Waals surface area (Å²) in [6, 6.07) is 8.83. The molecular formula is C16H28N2O. The van der Waals surface area contributed by atoms with E-state index in [-0.39, 0.29) is 18.7 Å². The second-order valence-corrected chi connectivity index (χ2v) is 5.08. The maximum atomic E-state index is 9.06. The molecule has 1 aromatic rings. The maximum Gasteiger partial charge on any atom is 0.0501 e. The molecule has 0 heterocycles. The van der Waals surface area contributed by atoms with Crippen LogP contribution in [0.3, 0.4) is 0 Å².